The fraction of sp³-hybridized carbons (Fsp3) is 0.462. The summed E-state index contributed by atoms with van der Waals surface area (Å²) in [6, 6.07) is 13.5. The molecule has 7 nitrogen and oxygen atoms in total. The summed E-state index contributed by atoms with van der Waals surface area (Å²) in [6.07, 6.45) is 2.20. The van der Waals surface area contributed by atoms with Crippen molar-refractivity contribution in [2.24, 2.45) is 0 Å². The first-order valence-electron chi connectivity index (χ1n) is 11.9. The van der Waals surface area contributed by atoms with E-state index in [0.717, 1.165) is 22.5 Å². The third-order valence-electron chi connectivity index (χ3n) is 5.76. The molecule has 0 aliphatic carbocycles. The third-order valence-corrected chi connectivity index (χ3v) is 7.27. The fourth-order valence-electron chi connectivity index (χ4n) is 3.73. The van der Waals surface area contributed by atoms with Gasteiger partial charge in [0.2, 0.25) is 21.8 Å². The van der Waals surface area contributed by atoms with Crippen LogP contribution in [0, 0.1) is 0 Å². The Morgan fingerprint density at radius 3 is 2.17 bits per heavy atom. The van der Waals surface area contributed by atoms with Crippen LogP contribution in [0.4, 0.5) is 5.69 Å². The van der Waals surface area contributed by atoms with E-state index in [-0.39, 0.29) is 18.4 Å². The van der Waals surface area contributed by atoms with Crippen molar-refractivity contribution in [3.05, 3.63) is 64.7 Å². The van der Waals surface area contributed by atoms with Crippen molar-refractivity contribution in [3.63, 3.8) is 0 Å². The predicted octanol–water partition coefficient (Wildman–Crippen LogP) is 4.56. The van der Waals surface area contributed by atoms with E-state index in [1.807, 2.05) is 39.8 Å². The van der Waals surface area contributed by atoms with Gasteiger partial charge < -0.3 is 10.2 Å². The molecule has 1 N–H and O–H groups in total. The van der Waals surface area contributed by atoms with Gasteiger partial charge in [0.25, 0.3) is 0 Å². The molecule has 0 saturated heterocycles. The Bertz CT molecular complexity index is 1100. The Morgan fingerprint density at radius 2 is 1.66 bits per heavy atom. The van der Waals surface area contributed by atoms with Gasteiger partial charge in [0.05, 0.1) is 11.9 Å². The molecule has 0 radical (unpaired) electrons. The van der Waals surface area contributed by atoms with Gasteiger partial charge in [-0.3, -0.25) is 13.9 Å². The standard InChI is InChI=1S/C26H36ClN3O4S/c1-6-16-28-26(32)24(7-2)29(17-21-10-8-9-11-23(21)27)25(31)18-30(35(5,33)34)22-14-12-20(13-15-22)19(3)4/h8-15,19,24H,6-7,16-18H2,1-5H3,(H,28,32). The first-order chi connectivity index (χ1) is 16.5. The second kappa shape index (κ2) is 12.9. The first-order valence-corrected chi connectivity index (χ1v) is 14.1. The van der Waals surface area contributed by atoms with Crippen LogP contribution < -0.4 is 9.62 Å². The van der Waals surface area contributed by atoms with Crippen LogP contribution in [-0.2, 0) is 26.2 Å². The Hall–Kier alpha value is -2.58. The molecule has 0 spiro atoms. The van der Waals surface area contributed by atoms with E-state index in [0.29, 0.717) is 29.2 Å². The molecule has 0 aromatic heterocycles. The Labute approximate surface area is 214 Å². The van der Waals surface area contributed by atoms with E-state index in [9.17, 15) is 18.0 Å². The molecule has 0 fully saturated rings. The number of nitrogens with one attached hydrogen (secondary N) is 1. The van der Waals surface area contributed by atoms with E-state index < -0.39 is 28.5 Å². The first kappa shape index (κ1) is 28.7. The lowest BCUT2D eigenvalue weighted by molar-refractivity contribution is -0.140. The normalized spacial score (nSPS) is 12.3. The molecule has 35 heavy (non-hydrogen) atoms. The van der Waals surface area contributed by atoms with Gasteiger partial charge in [-0.1, -0.05) is 69.6 Å². The molecule has 0 bridgehead atoms. The molecular weight excluding hydrogens is 486 g/mol. The van der Waals surface area contributed by atoms with Gasteiger partial charge in [0.15, 0.2) is 0 Å². The number of hydrogen-bond donors (Lipinski definition) is 1. The third kappa shape index (κ3) is 7.97. The number of anilines is 1. The number of halogens is 1. The summed E-state index contributed by atoms with van der Waals surface area (Å²) in [5.41, 5.74) is 2.13. The van der Waals surface area contributed by atoms with Crippen LogP contribution in [0.15, 0.2) is 48.5 Å². The van der Waals surface area contributed by atoms with Crippen molar-refractivity contribution in [2.45, 2.75) is 59.0 Å². The number of carbonyl (C=O) groups is 2. The highest BCUT2D eigenvalue weighted by atomic mass is 35.5. The molecule has 0 heterocycles. The maximum Gasteiger partial charge on any atom is 0.244 e. The number of nitrogens with zero attached hydrogens (tertiary/aromatic N) is 2. The zero-order chi connectivity index (χ0) is 26.2. The second-order valence-electron chi connectivity index (χ2n) is 8.84. The Morgan fingerprint density at radius 1 is 1.03 bits per heavy atom. The zero-order valence-electron chi connectivity index (χ0n) is 21.1. The molecule has 2 amide bonds. The fourth-order valence-corrected chi connectivity index (χ4v) is 4.78. The average molecular weight is 522 g/mol. The lowest BCUT2D eigenvalue weighted by atomic mass is 10.0. The quantitative estimate of drug-likeness (QED) is 0.443. The average Bonchev–Trinajstić information content (AvgIpc) is 2.81. The smallest absolute Gasteiger partial charge is 0.244 e. The van der Waals surface area contributed by atoms with Crippen molar-refractivity contribution < 1.29 is 18.0 Å². The van der Waals surface area contributed by atoms with Crippen molar-refractivity contribution in [1.29, 1.82) is 0 Å². The highest BCUT2D eigenvalue weighted by Crippen LogP contribution is 2.24. The van der Waals surface area contributed by atoms with Gasteiger partial charge in [-0.2, -0.15) is 0 Å². The van der Waals surface area contributed by atoms with Crippen molar-refractivity contribution in [2.75, 3.05) is 23.7 Å². The summed E-state index contributed by atoms with van der Waals surface area (Å²) >= 11 is 6.35. The lowest BCUT2D eigenvalue weighted by Gasteiger charge is -2.33. The summed E-state index contributed by atoms with van der Waals surface area (Å²) in [4.78, 5) is 28.0. The largest absolute Gasteiger partial charge is 0.354 e. The van der Waals surface area contributed by atoms with E-state index in [2.05, 4.69) is 5.32 Å². The number of rotatable bonds is 12. The monoisotopic (exact) mass is 521 g/mol. The summed E-state index contributed by atoms with van der Waals surface area (Å²) in [5.74, 6) is -0.473. The molecule has 9 heteroatoms. The summed E-state index contributed by atoms with van der Waals surface area (Å²) in [7, 11) is -3.77. The zero-order valence-corrected chi connectivity index (χ0v) is 22.7. The van der Waals surface area contributed by atoms with Gasteiger partial charge in [-0.05, 0) is 48.1 Å². The van der Waals surface area contributed by atoms with E-state index in [1.54, 1.807) is 36.4 Å². The van der Waals surface area contributed by atoms with Gasteiger partial charge in [0.1, 0.15) is 12.6 Å². The van der Waals surface area contributed by atoms with Crippen LogP contribution in [-0.4, -0.2) is 50.5 Å². The van der Waals surface area contributed by atoms with Crippen LogP contribution >= 0.6 is 11.6 Å². The number of carbonyl (C=O) groups excluding carboxylic acids is 2. The molecule has 0 aliphatic heterocycles. The van der Waals surface area contributed by atoms with Gasteiger partial charge in [0, 0.05) is 18.1 Å². The highest BCUT2D eigenvalue weighted by molar-refractivity contribution is 7.92. The van der Waals surface area contributed by atoms with Crippen LogP contribution in [0.1, 0.15) is 57.6 Å². The van der Waals surface area contributed by atoms with Crippen molar-refractivity contribution >= 4 is 39.1 Å². The topological polar surface area (TPSA) is 86.8 Å². The van der Waals surface area contributed by atoms with Gasteiger partial charge in [-0.25, -0.2) is 8.42 Å². The van der Waals surface area contributed by atoms with Crippen LogP contribution in [0.3, 0.4) is 0 Å². The molecule has 2 aromatic rings. The van der Waals surface area contributed by atoms with Crippen LogP contribution in [0.2, 0.25) is 5.02 Å². The molecule has 0 aliphatic rings. The predicted molar refractivity (Wildman–Crippen MR) is 142 cm³/mol. The van der Waals surface area contributed by atoms with Crippen molar-refractivity contribution in [1.82, 2.24) is 10.2 Å². The summed E-state index contributed by atoms with van der Waals surface area (Å²) in [6.45, 7) is 8.01. The lowest BCUT2D eigenvalue weighted by Crippen LogP contribution is -2.52. The minimum Gasteiger partial charge on any atom is -0.354 e. The van der Waals surface area contributed by atoms with Gasteiger partial charge in [-0.15, -0.1) is 0 Å². The number of benzene rings is 2. The Kier molecular flexibility index (Phi) is 10.6. The molecule has 2 rings (SSSR count). The molecule has 192 valence electrons. The molecular formula is C26H36ClN3O4S. The number of hydrogen-bond acceptors (Lipinski definition) is 4. The summed E-state index contributed by atoms with van der Waals surface area (Å²) in [5, 5.41) is 3.32. The second-order valence-corrected chi connectivity index (χ2v) is 11.2. The minimum atomic E-state index is -3.77. The van der Waals surface area contributed by atoms with E-state index in [4.69, 9.17) is 11.6 Å². The molecule has 0 saturated carbocycles. The number of amides is 2. The Balaban J connectivity index is 2.43. The molecule has 2 aromatic carbocycles. The maximum atomic E-state index is 13.6. The van der Waals surface area contributed by atoms with E-state index >= 15 is 0 Å². The van der Waals surface area contributed by atoms with E-state index in [1.165, 1.54) is 4.90 Å². The molecule has 1 unspecified atom stereocenters. The van der Waals surface area contributed by atoms with Crippen LogP contribution in [0.5, 0.6) is 0 Å². The number of sulfonamides is 1. The maximum absolute atomic E-state index is 13.6. The highest BCUT2D eigenvalue weighted by Gasteiger charge is 2.32. The minimum absolute atomic E-state index is 0.0838. The SMILES string of the molecule is CCCNC(=O)C(CC)N(Cc1ccccc1Cl)C(=O)CN(c1ccc(C(C)C)cc1)S(C)(=O)=O. The van der Waals surface area contributed by atoms with Gasteiger partial charge >= 0.3 is 0 Å². The molecule has 1 atom stereocenters. The van der Waals surface area contributed by atoms with Crippen molar-refractivity contribution in [3.8, 4) is 0 Å². The van der Waals surface area contributed by atoms with Crippen LogP contribution in [0.25, 0.3) is 0 Å². The summed E-state index contributed by atoms with van der Waals surface area (Å²) < 4.78 is 26.5.